The molecule has 7 nitrogen and oxygen atoms in total. The third-order valence-corrected chi connectivity index (χ3v) is 5.16. The van der Waals surface area contributed by atoms with Crippen molar-refractivity contribution in [1.82, 2.24) is 5.32 Å². The van der Waals surface area contributed by atoms with Gasteiger partial charge in [-0.2, -0.15) is 0 Å². The second-order valence-electron chi connectivity index (χ2n) is 7.47. The van der Waals surface area contributed by atoms with Crippen LogP contribution in [-0.4, -0.2) is 32.4 Å². The molecule has 9 heteroatoms. The summed E-state index contributed by atoms with van der Waals surface area (Å²) in [5, 5.41) is 2.66. The number of carbonyl (C=O) groups excluding carboxylic acids is 2. The summed E-state index contributed by atoms with van der Waals surface area (Å²) in [6.45, 7) is 6.47. The highest BCUT2D eigenvalue weighted by Crippen LogP contribution is 2.21. The molecule has 0 saturated carbocycles. The van der Waals surface area contributed by atoms with Gasteiger partial charge in [0.15, 0.2) is 6.61 Å². The van der Waals surface area contributed by atoms with Gasteiger partial charge < -0.3 is 10.1 Å². The second kappa shape index (κ2) is 8.60. The summed E-state index contributed by atoms with van der Waals surface area (Å²) < 4.78 is 45.8. The van der Waals surface area contributed by atoms with Crippen molar-refractivity contribution in [2.75, 3.05) is 11.3 Å². The summed E-state index contributed by atoms with van der Waals surface area (Å²) in [6.07, 6.45) is 0. The normalized spacial score (nSPS) is 11.6. The maximum Gasteiger partial charge on any atom is 0.338 e. The zero-order chi connectivity index (χ0) is 21.8. The number of sulfonamides is 1. The van der Waals surface area contributed by atoms with Crippen LogP contribution in [0.1, 0.15) is 36.7 Å². The fraction of sp³-hybridized carbons (Fsp3) is 0.300. The van der Waals surface area contributed by atoms with E-state index in [0.29, 0.717) is 5.56 Å². The van der Waals surface area contributed by atoms with Gasteiger partial charge in [-0.3, -0.25) is 9.52 Å². The van der Waals surface area contributed by atoms with Gasteiger partial charge in [0.25, 0.3) is 15.9 Å². The maximum atomic E-state index is 13.5. The first-order chi connectivity index (χ1) is 13.4. The highest BCUT2D eigenvalue weighted by molar-refractivity contribution is 7.92. The van der Waals surface area contributed by atoms with Gasteiger partial charge >= 0.3 is 5.97 Å². The predicted molar refractivity (Wildman–Crippen MR) is 107 cm³/mol. The lowest BCUT2D eigenvalue weighted by Crippen LogP contribution is -2.42. The smallest absolute Gasteiger partial charge is 0.338 e. The first kappa shape index (κ1) is 22.4. The zero-order valence-corrected chi connectivity index (χ0v) is 17.4. The third kappa shape index (κ3) is 6.56. The van der Waals surface area contributed by atoms with Gasteiger partial charge in [-0.05, 0) is 63.6 Å². The average Bonchev–Trinajstić information content (AvgIpc) is 2.60. The van der Waals surface area contributed by atoms with Crippen LogP contribution in [0.15, 0.2) is 47.4 Å². The number of ether oxygens (including phenoxy) is 1. The Morgan fingerprint density at radius 2 is 1.79 bits per heavy atom. The Hall–Kier alpha value is -2.94. The largest absolute Gasteiger partial charge is 0.452 e. The molecule has 2 aromatic carbocycles. The fourth-order valence-electron chi connectivity index (χ4n) is 2.45. The standard InChI is InChI=1S/C20H23FN2O5S/c1-13-8-9-15(21)11-17(13)29(26,27)23-16-7-5-6-14(10-16)19(25)28-12-18(24)22-20(2,3)4/h5-11,23H,12H2,1-4H3,(H,22,24). The van der Waals surface area contributed by atoms with Crippen molar-refractivity contribution in [3.63, 3.8) is 0 Å². The van der Waals surface area contributed by atoms with Crippen molar-refractivity contribution < 1.29 is 27.1 Å². The lowest BCUT2D eigenvalue weighted by molar-refractivity contribution is -0.125. The van der Waals surface area contributed by atoms with Crippen molar-refractivity contribution >= 4 is 27.6 Å². The van der Waals surface area contributed by atoms with E-state index in [1.165, 1.54) is 36.4 Å². The second-order valence-corrected chi connectivity index (χ2v) is 9.12. The number of halogens is 1. The molecule has 156 valence electrons. The Balaban J connectivity index is 2.12. The predicted octanol–water partition coefficient (Wildman–Crippen LogP) is 3.01. The molecule has 0 atom stereocenters. The summed E-state index contributed by atoms with van der Waals surface area (Å²) in [6, 6.07) is 9.05. The van der Waals surface area contributed by atoms with Crippen molar-refractivity contribution in [2.45, 2.75) is 38.1 Å². The summed E-state index contributed by atoms with van der Waals surface area (Å²) in [4.78, 5) is 23.7. The van der Waals surface area contributed by atoms with Gasteiger partial charge in [0.2, 0.25) is 0 Å². The van der Waals surface area contributed by atoms with Crippen LogP contribution < -0.4 is 10.0 Å². The lowest BCUT2D eigenvalue weighted by Gasteiger charge is -2.20. The topological polar surface area (TPSA) is 102 Å². The summed E-state index contributed by atoms with van der Waals surface area (Å²) in [5.74, 6) is -1.91. The minimum atomic E-state index is -4.06. The number of aryl methyl sites for hydroxylation is 1. The molecule has 1 amide bonds. The lowest BCUT2D eigenvalue weighted by atomic mass is 10.1. The quantitative estimate of drug-likeness (QED) is 0.697. The number of nitrogens with one attached hydrogen (secondary N) is 2. The molecule has 0 aromatic heterocycles. The van der Waals surface area contributed by atoms with Crippen molar-refractivity contribution in [3.05, 3.63) is 59.4 Å². The Labute approximate surface area is 169 Å². The molecule has 0 aliphatic heterocycles. The number of rotatable bonds is 6. The van der Waals surface area contributed by atoms with Crippen molar-refractivity contribution in [2.24, 2.45) is 0 Å². The maximum absolute atomic E-state index is 13.5. The van der Waals surface area contributed by atoms with E-state index >= 15 is 0 Å². The molecule has 2 N–H and O–H groups in total. The number of anilines is 1. The van der Waals surface area contributed by atoms with E-state index in [9.17, 15) is 22.4 Å². The molecule has 0 unspecified atom stereocenters. The molecule has 29 heavy (non-hydrogen) atoms. The van der Waals surface area contributed by atoms with Gasteiger partial charge in [-0.1, -0.05) is 12.1 Å². The number of carbonyl (C=O) groups is 2. The van der Waals surface area contributed by atoms with E-state index in [-0.39, 0.29) is 16.1 Å². The van der Waals surface area contributed by atoms with Crippen LogP contribution in [0.5, 0.6) is 0 Å². The molecule has 0 aliphatic carbocycles. The van der Waals surface area contributed by atoms with Gasteiger partial charge in [-0.15, -0.1) is 0 Å². The molecule has 2 aromatic rings. The van der Waals surface area contributed by atoms with Crippen LogP contribution in [0.4, 0.5) is 10.1 Å². The Kier molecular flexibility index (Phi) is 6.63. The summed E-state index contributed by atoms with van der Waals surface area (Å²) in [5.41, 5.74) is 0.0720. The van der Waals surface area contributed by atoms with Crippen LogP contribution >= 0.6 is 0 Å². The Morgan fingerprint density at radius 1 is 1.10 bits per heavy atom. The first-order valence-electron chi connectivity index (χ1n) is 8.74. The number of amides is 1. The van der Waals surface area contributed by atoms with Crippen LogP contribution in [0.3, 0.4) is 0 Å². The zero-order valence-electron chi connectivity index (χ0n) is 16.6. The molecule has 0 fully saturated rings. The minimum Gasteiger partial charge on any atom is -0.452 e. The molecular weight excluding hydrogens is 399 g/mol. The number of hydrogen-bond donors (Lipinski definition) is 2. The highest BCUT2D eigenvalue weighted by atomic mass is 32.2. The Morgan fingerprint density at radius 3 is 2.45 bits per heavy atom. The van der Waals surface area contributed by atoms with E-state index in [2.05, 4.69) is 10.0 Å². The van der Waals surface area contributed by atoms with E-state index in [1.807, 2.05) is 0 Å². The third-order valence-electron chi connectivity index (χ3n) is 3.64. The monoisotopic (exact) mass is 422 g/mol. The highest BCUT2D eigenvalue weighted by Gasteiger charge is 2.19. The van der Waals surface area contributed by atoms with E-state index < -0.39 is 39.9 Å². The number of benzene rings is 2. The van der Waals surface area contributed by atoms with Crippen LogP contribution in [0.25, 0.3) is 0 Å². The first-order valence-corrected chi connectivity index (χ1v) is 10.2. The summed E-state index contributed by atoms with van der Waals surface area (Å²) >= 11 is 0. The molecule has 0 saturated heterocycles. The fourth-order valence-corrected chi connectivity index (χ4v) is 3.76. The molecule has 0 spiro atoms. The van der Waals surface area contributed by atoms with E-state index in [4.69, 9.17) is 4.74 Å². The van der Waals surface area contributed by atoms with Crippen LogP contribution in [0.2, 0.25) is 0 Å². The summed E-state index contributed by atoms with van der Waals surface area (Å²) in [7, 11) is -4.06. The molecule has 0 aliphatic rings. The van der Waals surface area contributed by atoms with Gasteiger partial charge in [0, 0.05) is 11.2 Å². The molecule has 0 bridgehead atoms. The van der Waals surface area contributed by atoms with Crippen molar-refractivity contribution in [3.8, 4) is 0 Å². The van der Waals surface area contributed by atoms with Crippen LogP contribution in [0, 0.1) is 12.7 Å². The number of esters is 1. The van der Waals surface area contributed by atoms with E-state index in [0.717, 1.165) is 6.07 Å². The molecule has 0 radical (unpaired) electrons. The SMILES string of the molecule is Cc1ccc(F)cc1S(=O)(=O)Nc1cccc(C(=O)OCC(=O)NC(C)(C)C)c1. The molecule has 2 rings (SSSR count). The van der Waals surface area contributed by atoms with Gasteiger partial charge in [-0.25, -0.2) is 17.6 Å². The molecular formula is C20H23FN2O5S. The van der Waals surface area contributed by atoms with Gasteiger partial charge in [0.05, 0.1) is 10.5 Å². The van der Waals surface area contributed by atoms with Crippen molar-refractivity contribution in [1.29, 1.82) is 0 Å². The van der Waals surface area contributed by atoms with E-state index in [1.54, 1.807) is 27.7 Å². The molecule has 0 heterocycles. The number of hydrogen-bond acceptors (Lipinski definition) is 5. The average molecular weight is 422 g/mol. The van der Waals surface area contributed by atoms with Gasteiger partial charge in [0.1, 0.15) is 5.82 Å². The van der Waals surface area contributed by atoms with Crippen LogP contribution in [-0.2, 0) is 19.6 Å². The minimum absolute atomic E-state index is 0.0599. The Bertz CT molecular complexity index is 1030.